The lowest BCUT2D eigenvalue weighted by Gasteiger charge is -2.42. The first kappa shape index (κ1) is 45.4. The molecule has 2 unspecified atom stereocenters. The van der Waals surface area contributed by atoms with Crippen LogP contribution in [-0.2, 0) is 44.5 Å². The number of esters is 1. The van der Waals surface area contributed by atoms with Gasteiger partial charge in [-0.05, 0) is 63.8 Å². The zero-order valence-corrected chi connectivity index (χ0v) is 35.9. The highest BCUT2D eigenvalue weighted by molar-refractivity contribution is 6.35. The Hall–Kier alpha value is -4.70. The second kappa shape index (κ2) is 18.7. The molecule has 8 atom stereocenters. The van der Waals surface area contributed by atoms with Gasteiger partial charge in [-0.2, -0.15) is 0 Å². The van der Waals surface area contributed by atoms with Crippen LogP contribution >= 0.6 is 11.6 Å². The molecule has 2 N–H and O–H groups in total. The molecule has 0 aliphatic carbocycles. The van der Waals surface area contributed by atoms with Crippen molar-refractivity contribution < 1.29 is 52.8 Å². The second-order valence-electron chi connectivity index (χ2n) is 16.0. The van der Waals surface area contributed by atoms with Crippen LogP contribution in [0.25, 0.3) is 0 Å². The summed E-state index contributed by atoms with van der Waals surface area (Å²) in [5.74, 6) is -1.76. The van der Waals surface area contributed by atoms with E-state index in [1.807, 2.05) is 13.0 Å². The maximum absolute atomic E-state index is 14.2. The highest BCUT2D eigenvalue weighted by Crippen LogP contribution is 2.49. The maximum atomic E-state index is 14.2. The van der Waals surface area contributed by atoms with Crippen molar-refractivity contribution in [2.24, 2.45) is 5.92 Å². The van der Waals surface area contributed by atoms with Gasteiger partial charge in [0.2, 0.25) is 11.8 Å². The molecule has 4 heterocycles. The number of amides is 4. The van der Waals surface area contributed by atoms with Crippen LogP contribution in [0.3, 0.4) is 0 Å². The third kappa shape index (κ3) is 10.2. The van der Waals surface area contributed by atoms with Crippen molar-refractivity contribution >= 4 is 47.1 Å². The fourth-order valence-corrected chi connectivity index (χ4v) is 8.17. The van der Waals surface area contributed by atoms with Crippen LogP contribution in [0.1, 0.15) is 71.8 Å². The summed E-state index contributed by atoms with van der Waals surface area (Å²) in [7, 11) is 6.00. The zero-order chi connectivity index (χ0) is 43.4. The molecule has 16 heteroatoms. The summed E-state index contributed by atoms with van der Waals surface area (Å²) in [6, 6.07) is 2.55. The lowest BCUT2D eigenvalue weighted by molar-refractivity contribution is -0.162. The fourth-order valence-electron chi connectivity index (χ4n) is 7.86. The van der Waals surface area contributed by atoms with Gasteiger partial charge in [0.25, 0.3) is 5.91 Å². The van der Waals surface area contributed by atoms with Crippen LogP contribution in [0, 0.1) is 5.92 Å². The predicted octanol–water partition coefficient (Wildman–Crippen LogP) is 4.99. The number of allylic oxidation sites excluding steroid dienone is 4. The van der Waals surface area contributed by atoms with E-state index in [4.69, 9.17) is 35.3 Å². The number of methoxy groups -OCH3 is 2. The number of fused-ring (bicyclic) bond motifs is 5. The average molecular weight is 841 g/mol. The molecule has 5 rings (SSSR count). The van der Waals surface area contributed by atoms with Gasteiger partial charge >= 0.3 is 12.1 Å². The number of aliphatic hydroxyl groups is 1. The number of halogens is 1. The molecule has 4 aliphatic rings. The second-order valence-corrected chi connectivity index (χ2v) is 16.4. The molecule has 1 aromatic carbocycles. The molecule has 4 bridgehead atoms. The molecule has 4 amide bonds. The molecular weight excluding hydrogens is 784 g/mol. The van der Waals surface area contributed by atoms with Gasteiger partial charge in [-0.1, -0.05) is 55.3 Å². The summed E-state index contributed by atoms with van der Waals surface area (Å²) in [5, 5.41) is 14.5. The van der Waals surface area contributed by atoms with E-state index in [0.717, 1.165) is 11.1 Å². The molecule has 15 nitrogen and oxygen atoms in total. The number of likely N-dealkylation sites (N-methyl/N-ethyl adjacent to an activating group) is 1. The van der Waals surface area contributed by atoms with E-state index in [-0.39, 0.29) is 36.1 Å². The van der Waals surface area contributed by atoms with Gasteiger partial charge in [0.15, 0.2) is 5.72 Å². The number of benzene rings is 1. The van der Waals surface area contributed by atoms with Crippen molar-refractivity contribution in [3.8, 4) is 5.75 Å². The smallest absolute Gasteiger partial charge is 0.409 e. The number of hydrogen-bond acceptors (Lipinski definition) is 11. The zero-order valence-electron chi connectivity index (χ0n) is 35.1. The number of carbonyl (C=O) groups is 5. The van der Waals surface area contributed by atoms with Gasteiger partial charge in [0.1, 0.15) is 40.7 Å². The number of nitrogens with one attached hydrogen (secondary N) is 1. The van der Waals surface area contributed by atoms with Gasteiger partial charge in [0, 0.05) is 58.3 Å². The number of anilines is 1. The SMILES string of the molecule is C=C1C=CC(=O)N1CCCCCC(=O)N(C)[C@@H](C)C(=O)O[C@H]1CC(=O)N(C)c2cc(cc(OC)c2Cl)C/C(C)=C/C=C/[C@@H](OC)[C@@]2(O)CC(OC(=O)N2)[C@@H](C)[C@@H]2OC12C. The van der Waals surface area contributed by atoms with Crippen LogP contribution in [-0.4, -0.2) is 121 Å². The van der Waals surface area contributed by atoms with Gasteiger partial charge in [-0.15, -0.1) is 0 Å². The maximum Gasteiger partial charge on any atom is 0.409 e. The topological polar surface area (TPSA) is 177 Å². The van der Waals surface area contributed by atoms with Crippen molar-refractivity contribution in [1.29, 1.82) is 0 Å². The van der Waals surface area contributed by atoms with E-state index in [0.29, 0.717) is 49.4 Å². The lowest BCUT2D eigenvalue weighted by Crippen LogP contribution is -2.63. The van der Waals surface area contributed by atoms with Gasteiger partial charge in [-0.25, -0.2) is 9.59 Å². The third-order valence-corrected chi connectivity index (χ3v) is 12.2. The van der Waals surface area contributed by atoms with E-state index in [9.17, 15) is 29.1 Å². The van der Waals surface area contributed by atoms with Crippen molar-refractivity contribution in [3.05, 3.63) is 70.9 Å². The predicted molar refractivity (Wildman–Crippen MR) is 219 cm³/mol. The number of ether oxygens (including phenoxy) is 5. The summed E-state index contributed by atoms with van der Waals surface area (Å²) in [6.45, 7) is 11.3. The Labute approximate surface area is 350 Å². The van der Waals surface area contributed by atoms with E-state index < -0.39 is 65.7 Å². The van der Waals surface area contributed by atoms with Crippen LogP contribution in [0.5, 0.6) is 5.75 Å². The van der Waals surface area contributed by atoms with E-state index in [1.165, 1.54) is 37.1 Å². The van der Waals surface area contributed by atoms with Crippen molar-refractivity contribution in [1.82, 2.24) is 15.1 Å². The molecule has 4 aliphatic heterocycles. The quantitative estimate of drug-likeness (QED) is 0.175. The summed E-state index contributed by atoms with van der Waals surface area (Å²) in [5.41, 5.74) is -0.350. The van der Waals surface area contributed by atoms with E-state index in [1.54, 1.807) is 63.1 Å². The van der Waals surface area contributed by atoms with Gasteiger partial charge in [-0.3, -0.25) is 19.7 Å². The molecular formula is C43H57ClN4O11. The average Bonchev–Trinajstić information content (AvgIpc) is 3.79. The first-order chi connectivity index (χ1) is 27.8. The minimum atomic E-state index is -1.84. The van der Waals surface area contributed by atoms with Gasteiger partial charge in [0.05, 0.1) is 25.3 Å². The highest BCUT2D eigenvalue weighted by atomic mass is 35.5. The standard InChI is InChI=1S/C43H57ClN4O11/c1-25-14-13-15-33(56-9)43(54)24-32(57-41(53)45-43)27(3)39-42(5,59-39)34(23-37(51)47(7)30-21-29(20-25)22-31(55-8)38(30)44)58-40(52)28(4)46(6)35(49)16-11-10-12-19-48-26(2)17-18-36(48)50/h13-15,17-18,21-22,27-28,32-34,39,54H,2,10-12,16,19-20,23-24H2,1,3-9H3,(H,45,53)/b15-13+,25-14+/t27-,28+,32?,33-,34+,39+,42?,43+/m1/s1. The summed E-state index contributed by atoms with van der Waals surface area (Å²) in [4.78, 5) is 70.5. The molecule has 59 heavy (non-hydrogen) atoms. The Bertz CT molecular complexity index is 1900. The fraction of sp³-hybridized carbons (Fsp3) is 0.558. The molecule has 2 saturated heterocycles. The summed E-state index contributed by atoms with van der Waals surface area (Å²) < 4.78 is 29.3. The summed E-state index contributed by atoms with van der Waals surface area (Å²) in [6.07, 6.45) is 6.02. The van der Waals surface area contributed by atoms with Crippen molar-refractivity contribution in [3.63, 3.8) is 0 Å². The van der Waals surface area contributed by atoms with Crippen molar-refractivity contribution in [2.75, 3.05) is 39.8 Å². The monoisotopic (exact) mass is 840 g/mol. The Kier molecular flexibility index (Phi) is 14.4. The highest BCUT2D eigenvalue weighted by Gasteiger charge is 2.64. The summed E-state index contributed by atoms with van der Waals surface area (Å²) >= 11 is 6.78. The van der Waals surface area contributed by atoms with E-state index in [2.05, 4.69) is 11.9 Å². The normalized spacial score (nSPS) is 30.4. The molecule has 0 spiro atoms. The van der Waals surface area contributed by atoms with Crippen LogP contribution in [0.15, 0.2) is 60.4 Å². The van der Waals surface area contributed by atoms with Crippen LogP contribution in [0.2, 0.25) is 5.02 Å². The first-order valence-corrected chi connectivity index (χ1v) is 20.2. The molecule has 0 saturated carbocycles. The minimum Gasteiger partial charge on any atom is -0.495 e. The molecule has 0 radical (unpaired) electrons. The number of epoxide rings is 1. The van der Waals surface area contributed by atoms with E-state index >= 15 is 0 Å². The number of carbonyl (C=O) groups excluding carboxylic acids is 5. The molecule has 2 fully saturated rings. The first-order valence-electron chi connectivity index (χ1n) is 19.9. The number of alkyl carbamates (subject to hydrolysis) is 1. The number of unbranched alkanes of at least 4 members (excludes halogenated alkanes) is 2. The van der Waals surface area contributed by atoms with Crippen LogP contribution < -0.4 is 15.0 Å². The largest absolute Gasteiger partial charge is 0.495 e. The Morgan fingerprint density at radius 1 is 1.17 bits per heavy atom. The van der Waals surface area contributed by atoms with Crippen LogP contribution in [0.4, 0.5) is 10.5 Å². The van der Waals surface area contributed by atoms with Gasteiger partial charge < -0.3 is 43.5 Å². The molecule has 322 valence electrons. The Balaban J connectivity index is 1.39. The number of nitrogens with zero attached hydrogens (tertiary/aromatic N) is 3. The Morgan fingerprint density at radius 2 is 1.90 bits per heavy atom. The number of hydrogen-bond donors (Lipinski definition) is 2. The minimum absolute atomic E-state index is 0.0650. The lowest BCUT2D eigenvalue weighted by atomic mass is 9.83. The molecule has 0 aromatic heterocycles. The number of rotatable bonds is 11. The molecule has 1 aromatic rings. The Morgan fingerprint density at radius 3 is 2.56 bits per heavy atom. The van der Waals surface area contributed by atoms with Crippen molar-refractivity contribution in [2.45, 2.75) is 114 Å². The third-order valence-electron chi connectivity index (χ3n) is 11.8.